The summed E-state index contributed by atoms with van der Waals surface area (Å²) in [6, 6.07) is 7.53. The van der Waals surface area contributed by atoms with Crippen LogP contribution in [0.15, 0.2) is 29.6 Å². The topological polar surface area (TPSA) is 59.5 Å². The maximum Gasteiger partial charge on any atom is 0.358 e. The zero-order valence-electron chi connectivity index (χ0n) is 15.5. The Morgan fingerprint density at radius 3 is 2.96 bits per heavy atom. The first-order valence-electron chi connectivity index (χ1n) is 9.22. The fourth-order valence-corrected chi connectivity index (χ4v) is 4.32. The zero-order valence-corrected chi connectivity index (χ0v) is 17.1. The molecular formula is C20H23ClN2O3S. The quantitative estimate of drug-likeness (QED) is 0.669. The van der Waals surface area contributed by atoms with Gasteiger partial charge >= 0.3 is 5.97 Å². The molecule has 2 atom stereocenters. The minimum absolute atomic E-state index is 0.125. The lowest BCUT2D eigenvalue weighted by atomic mass is 9.99. The number of ether oxygens (including phenoxy) is 1. The van der Waals surface area contributed by atoms with Crippen molar-refractivity contribution in [3.05, 3.63) is 40.4 Å². The second-order valence-corrected chi connectivity index (χ2v) is 7.98. The highest BCUT2D eigenvalue weighted by Crippen LogP contribution is 2.26. The number of thiazole rings is 1. The summed E-state index contributed by atoms with van der Waals surface area (Å²) in [5.74, 6) is -0.703. The Kier molecular flexibility index (Phi) is 6.50. The number of nitrogens with zero attached hydrogens (tertiary/aromatic N) is 2. The number of aromatic nitrogens is 1. The summed E-state index contributed by atoms with van der Waals surface area (Å²) >= 11 is 7.35. The SMILES string of the molecule is CCC1CCCCN1C(=O)C(C)OC(=O)c1csc(-c2cccc(Cl)c2)n1. The van der Waals surface area contributed by atoms with Crippen molar-refractivity contribution in [2.24, 2.45) is 0 Å². The second kappa shape index (κ2) is 8.85. The maximum absolute atomic E-state index is 12.7. The molecule has 2 heterocycles. The van der Waals surface area contributed by atoms with Gasteiger partial charge < -0.3 is 9.64 Å². The van der Waals surface area contributed by atoms with Crippen LogP contribution in [0.5, 0.6) is 0 Å². The van der Waals surface area contributed by atoms with Gasteiger partial charge in [0.05, 0.1) is 0 Å². The second-order valence-electron chi connectivity index (χ2n) is 6.69. The molecule has 27 heavy (non-hydrogen) atoms. The van der Waals surface area contributed by atoms with Gasteiger partial charge in [-0.1, -0.05) is 30.7 Å². The number of hydrogen-bond acceptors (Lipinski definition) is 5. The summed E-state index contributed by atoms with van der Waals surface area (Å²) in [5.41, 5.74) is 1.05. The van der Waals surface area contributed by atoms with E-state index in [0.717, 1.165) is 37.8 Å². The van der Waals surface area contributed by atoms with Gasteiger partial charge in [-0.25, -0.2) is 9.78 Å². The van der Waals surface area contributed by atoms with Crippen LogP contribution in [0, 0.1) is 0 Å². The summed E-state index contributed by atoms with van der Waals surface area (Å²) in [7, 11) is 0. The molecule has 1 aliphatic heterocycles. The Balaban J connectivity index is 1.65. The van der Waals surface area contributed by atoms with Gasteiger partial charge in [-0.15, -0.1) is 11.3 Å². The number of rotatable bonds is 5. The number of benzene rings is 1. The first-order chi connectivity index (χ1) is 13.0. The molecule has 1 fully saturated rings. The Morgan fingerprint density at radius 2 is 2.22 bits per heavy atom. The molecule has 0 radical (unpaired) electrons. The van der Waals surface area contributed by atoms with Crippen molar-refractivity contribution in [3.63, 3.8) is 0 Å². The molecule has 144 valence electrons. The highest BCUT2D eigenvalue weighted by atomic mass is 35.5. The number of amides is 1. The number of carbonyl (C=O) groups excluding carboxylic acids is 2. The fraction of sp³-hybridized carbons (Fsp3) is 0.450. The molecule has 0 bridgehead atoms. The summed E-state index contributed by atoms with van der Waals surface area (Å²) in [4.78, 5) is 31.3. The number of hydrogen-bond donors (Lipinski definition) is 0. The molecule has 2 aromatic rings. The van der Waals surface area contributed by atoms with Crippen molar-refractivity contribution in [1.29, 1.82) is 0 Å². The lowest BCUT2D eigenvalue weighted by molar-refractivity contribution is -0.143. The minimum Gasteiger partial charge on any atom is -0.448 e. The molecule has 1 aliphatic rings. The number of halogens is 1. The van der Waals surface area contributed by atoms with Crippen molar-refractivity contribution in [3.8, 4) is 10.6 Å². The van der Waals surface area contributed by atoms with E-state index in [0.29, 0.717) is 10.0 Å². The molecule has 1 aromatic heterocycles. The molecule has 7 heteroatoms. The van der Waals surface area contributed by atoms with Crippen LogP contribution in [-0.4, -0.2) is 40.5 Å². The van der Waals surface area contributed by atoms with Crippen LogP contribution in [0.3, 0.4) is 0 Å². The van der Waals surface area contributed by atoms with Crippen molar-refractivity contribution >= 4 is 34.8 Å². The van der Waals surface area contributed by atoms with Gasteiger partial charge in [-0.2, -0.15) is 0 Å². The van der Waals surface area contributed by atoms with E-state index in [2.05, 4.69) is 11.9 Å². The van der Waals surface area contributed by atoms with Gasteiger partial charge in [0, 0.05) is 28.6 Å². The van der Waals surface area contributed by atoms with Crippen LogP contribution in [0.25, 0.3) is 10.6 Å². The third-order valence-electron chi connectivity index (χ3n) is 4.80. The van der Waals surface area contributed by atoms with Gasteiger partial charge in [-0.05, 0) is 44.7 Å². The van der Waals surface area contributed by atoms with E-state index >= 15 is 0 Å². The molecule has 0 aliphatic carbocycles. The Hall–Kier alpha value is -1.92. The van der Waals surface area contributed by atoms with Crippen LogP contribution in [0.4, 0.5) is 0 Å². The van der Waals surface area contributed by atoms with E-state index in [1.54, 1.807) is 24.4 Å². The van der Waals surface area contributed by atoms with E-state index in [1.165, 1.54) is 11.3 Å². The number of esters is 1. The van der Waals surface area contributed by atoms with E-state index in [4.69, 9.17) is 16.3 Å². The normalized spacial score (nSPS) is 18.2. The number of likely N-dealkylation sites (tertiary alicyclic amines) is 1. The van der Waals surface area contributed by atoms with Crippen LogP contribution < -0.4 is 0 Å². The van der Waals surface area contributed by atoms with Crippen molar-refractivity contribution in [2.45, 2.75) is 51.7 Å². The average Bonchev–Trinajstić information content (AvgIpc) is 3.17. The summed E-state index contributed by atoms with van der Waals surface area (Å²) in [5, 5.41) is 2.94. The predicted molar refractivity (Wildman–Crippen MR) is 107 cm³/mol. The minimum atomic E-state index is -0.819. The van der Waals surface area contributed by atoms with Crippen LogP contribution in [0.1, 0.15) is 50.0 Å². The van der Waals surface area contributed by atoms with Crippen LogP contribution >= 0.6 is 22.9 Å². The van der Waals surface area contributed by atoms with Crippen molar-refractivity contribution in [1.82, 2.24) is 9.88 Å². The standard InChI is InChI=1S/C20H23ClN2O3S/c1-3-16-9-4-5-10-23(16)19(24)13(2)26-20(25)17-12-27-18(22-17)14-7-6-8-15(21)11-14/h6-8,11-13,16H,3-5,9-10H2,1-2H3. The summed E-state index contributed by atoms with van der Waals surface area (Å²) in [6.07, 6.45) is 3.25. The van der Waals surface area contributed by atoms with Crippen LogP contribution in [-0.2, 0) is 9.53 Å². The monoisotopic (exact) mass is 406 g/mol. The van der Waals surface area contributed by atoms with Gasteiger partial charge in [-0.3, -0.25) is 4.79 Å². The van der Waals surface area contributed by atoms with Gasteiger partial charge in [0.2, 0.25) is 0 Å². The highest BCUT2D eigenvalue weighted by Gasteiger charge is 2.31. The highest BCUT2D eigenvalue weighted by molar-refractivity contribution is 7.13. The van der Waals surface area contributed by atoms with Gasteiger partial charge in [0.1, 0.15) is 5.01 Å². The molecule has 0 saturated carbocycles. The van der Waals surface area contributed by atoms with Crippen molar-refractivity contribution in [2.75, 3.05) is 6.54 Å². The molecule has 5 nitrogen and oxygen atoms in total. The van der Waals surface area contributed by atoms with Gasteiger partial charge in [0.25, 0.3) is 5.91 Å². The lowest BCUT2D eigenvalue weighted by Crippen LogP contribution is -2.48. The Bertz CT molecular complexity index is 823. The smallest absolute Gasteiger partial charge is 0.358 e. The molecule has 1 amide bonds. The first-order valence-corrected chi connectivity index (χ1v) is 10.5. The average molecular weight is 407 g/mol. The van der Waals surface area contributed by atoms with E-state index in [-0.39, 0.29) is 17.6 Å². The van der Waals surface area contributed by atoms with E-state index in [9.17, 15) is 9.59 Å². The van der Waals surface area contributed by atoms with Crippen molar-refractivity contribution < 1.29 is 14.3 Å². The third-order valence-corrected chi connectivity index (χ3v) is 5.92. The molecule has 1 saturated heterocycles. The number of piperidine rings is 1. The third kappa shape index (κ3) is 4.68. The van der Waals surface area contributed by atoms with Crippen LogP contribution in [0.2, 0.25) is 5.02 Å². The summed E-state index contributed by atoms with van der Waals surface area (Å²) in [6.45, 7) is 4.44. The fourth-order valence-electron chi connectivity index (χ4n) is 3.34. The zero-order chi connectivity index (χ0) is 19.4. The molecule has 0 spiro atoms. The van der Waals surface area contributed by atoms with E-state index < -0.39 is 12.1 Å². The lowest BCUT2D eigenvalue weighted by Gasteiger charge is -2.36. The number of carbonyl (C=O) groups is 2. The molecule has 3 rings (SSSR count). The molecular weight excluding hydrogens is 384 g/mol. The summed E-state index contributed by atoms with van der Waals surface area (Å²) < 4.78 is 5.41. The molecule has 1 aromatic carbocycles. The predicted octanol–water partition coefficient (Wildman–Crippen LogP) is 4.80. The Labute approximate surface area is 168 Å². The largest absolute Gasteiger partial charge is 0.448 e. The molecule has 0 N–H and O–H groups in total. The maximum atomic E-state index is 12.7. The molecule has 2 unspecified atom stereocenters. The van der Waals surface area contributed by atoms with E-state index in [1.807, 2.05) is 17.0 Å². The Morgan fingerprint density at radius 1 is 1.41 bits per heavy atom. The van der Waals surface area contributed by atoms with Gasteiger partial charge in [0.15, 0.2) is 11.8 Å². The first kappa shape index (κ1) is 19.8.